The number of methoxy groups -OCH3 is 1. The molecule has 2 aliphatic rings. The zero-order chi connectivity index (χ0) is 21.2. The van der Waals surface area contributed by atoms with Gasteiger partial charge in [-0.15, -0.1) is 0 Å². The third-order valence-corrected chi connectivity index (χ3v) is 4.87. The lowest BCUT2D eigenvalue weighted by atomic mass is 9.92. The minimum absolute atomic E-state index is 0.447. The first kappa shape index (κ1) is 22.9. The SMILES string of the molecule is CO[C@H]1C(O)C(O)[C@@H](O[C@@H]2C(NC(C)=O)[C@H](C)OC(CO)[C@@H]2O)O[C@@H]1C(=O)O. The second-order valence-electron chi connectivity index (χ2n) is 6.82. The monoisotopic (exact) mass is 409 g/mol. The molecule has 162 valence electrons. The molecule has 0 aromatic heterocycles. The summed E-state index contributed by atoms with van der Waals surface area (Å²) in [4.78, 5) is 23.0. The van der Waals surface area contributed by atoms with E-state index in [0.29, 0.717) is 0 Å². The standard InChI is InChI=1S/C16H27NO11/c1-5-8(17-6(2)19)12(9(20)7(4-18)26-5)27-16-11(22)10(21)13(25-3)14(28-16)15(23)24/h5,7-14,16,18,20-22H,4H2,1-3H3,(H,17,19)(H,23,24)/t5-,7?,8?,9-,10?,11?,12+,13-,14-,16-/m0/s1. The van der Waals surface area contributed by atoms with E-state index >= 15 is 0 Å². The van der Waals surface area contributed by atoms with Crippen molar-refractivity contribution in [3.63, 3.8) is 0 Å². The number of carbonyl (C=O) groups excluding carboxylic acids is 1. The highest BCUT2D eigenvalue weighted by molar-refractivity contribution is 5.73. The Morgan fingerprint density at radius 3 is 2.21 bits per heavy atom. The molecule has 6 N–H and O–H groups in total. The highest BCUT2D eigenvalue weighted by atomic mass is 16.7. The van der Waals surface area contributed by atoms with E-state index in [4.69, 9.17) is 18.9 Å². The van der Waals surface area contributed by atoms with Crippen LogP contribution in [0.15, 0.2) is 0 Å². The minimum Gasteiger partial charge on any atom is -0.479 e. The van der Waals surface area contributed by atoms with Gasteiger partial charge in [0.1, 0.15) is 36.6 Å². The smallest absolute Gasteiger partial charge is 0.335 e. The van der Waals surface area contributed by atoms with Gasteiger partial charge in [0, 0.05) is 14.0 Å². The number of aliphatic carboxylic acids is 1. The lowest BCUT2D eigenvalue weighted by molar-refractivity contribution is -0.327. The van der Waals surface area contributed by atoms with Crippen LogP contribution < -0.4 is 5.32 Å². The van der Waals surface area contributed by atoms with E-state index in [0.717, 1.165) is 7.11 Å². The molecule has 2 saturated heterocycles. The van der Waals surface area contributed by atoms with Gasteiger partial charge in [-0.05, 0) is 6.92 Å². The number of nitrogens with one attached hydrogen (secondary N) is 1. The first-order chi connectivity index (χ1) is 13.1. The average Bonchev–Trinajstić information content (AvgIpc) is 2.63. The van der Waals surface area contributed by atoms with Gasteiger partial charge in [0.15, 0.2) is 12.4 Å². The maximum Gasteiger partial charge on any atom is 0.335 e. The summed E-state index contributed by atoms with van der Waals surface area (Å²) in [5.74, 6) is -1.89. The van der Waals surface area contributed by atoms with Gasteiger partial charge in [-0.2, -0.15) is 0 Å². The zero-order valence-electron chi connectivity index (χ0n) is 15.7. The molecule has 1 amide bonds. The van der Waals surface area contributed by atoms with Crippen LogP contribution in [0.1, 0.15) is 13.8 Å². The molecule has 2 aliphatic heterocycles. The van der Waals surface area contributed by atoms with Crippen molar-refractivity contribution in [1.82, 2.24) is 5.32 Å². The summed E-state index contributed by atoms with van der Waals surface area (Å²) in [6, 6.07) is -0.897. The zero-order valence-corrected chi connectivity index (χ0v) is 15.7. The summed E-state index contributed by atoms with van der Waals surface area (Å²) in [5, 5.41) is 52.2. The summed E-state index contributed by atoms with van der Waals surface area (Å²) >= 11 is 0. The minimum atomic E-state index is -1.70. The lowest BCUT2D eigenvalue weighted by Crippen LogP contribution is -2.67. The summed E-state index contributed by atoms with van der Waals surface area (Å²) in [6.07, 6.45) is -12.4. The normalized spacial score (nSPS) is 44.1. The van der Waals surface area contributed by atoms with E-state index in [1.54, 1.807) is 6.92 Å². The second kappa shape index (κ2) is 9.41. The van der Waals surface area contributed by atoms with Gasteiger partial charge in [0.2, 0.25) is 5.91 Å². The lowest BCUT2D eigenvalue weighted by Gasteiger charge is -2.47. The molecule has 2 heterocycles. The fourth-order valence-electron chi connectivity index (χ4n) is 3.45. The van der Waals surface area contributed by atoms with Crippen LogP contribution in [0.2, 0.25) is 0 Å². The van der Waals surface area contributed by atoms with Crippen molar-refractivity contribution in [3.05, 3.63) is 0 Å². The van der Waals surface area contributed by atoms with Crippen molar-refractivity contribution in [3.8, 4) is 0 Å². The van der Waals surface area contributed by atoms with Gasteiger partial charge in [-0.1, -0.05) is 0 Å². The molecule has 2 rings (SSSR count). The van der Waals surface area contributed by atoms with Crippen LogP contribution >= 0.6 is 0 Å². The highest BCUT2D eigenvalue weighted by Gasteiger charge is 2.52. The highest BCUT2D eigenvalue weighted by Crippen LogP contribution is 2.30. The Kier molecular flexibility index (Phi) is 7.70. The number of hydrogen-bond donors (Lipinski definition) is 6. The molecule has 28 heavy (non-hydrogen) atoms. The van der Waals surface area contributed by atoms with Crippen molar-refractivity contribution in [2.45, 2.75) is 75.0 Å². The molecule has 12 heteroatoms. The Morgan fingerprint density at radius 2 is 1.71 bits per heavy atom. The van der Waals surface area contributed by atoms with E-state index in [1.807, 2.05) is 0 Å². The molecule has 10 atom stereocenters. The average molecular weight is 409 g/mol. The van der Waals surface area contributed by atoms with Gasteiger partial charge in [-0.25, -0.2) is 4.79 Å². The number of carboxylic acid groups (broad SMARTS) is 1. The van der Waals surface area contributed by atoms with E-state index in [2.05, 4.69) is 5.32 Å². The maximum absolute atomic E-state index is 11.5. The second-order valence-corrected chi connectivity index (χ2v) is 6.82. The van der Waals surface area contributed by atoms with E-state index < -0.39 is 79.6 Å². The van der Waals surface area contributed by atoms with Crippen LogP contribution in [0.3, 0.4) is 0 Å². The van der Waals surface area contributed by atoms with Gasteiger partial charge >= 0.3 is 5.97 Å². The number of carbonyl (C=O) groups is 2. The topological polar surface area (TPSA) is 184 Å². The first-order valence-corrected chi connectivity index (χ1v) is 8.76. The fraction of sp³-hybridized carbons (Fsp3) is 0.875. The number of amides is 1. The summed E-state index contributed by atoms with van der Waals surface area (Å²) in [6.45, 7) is 2.28. The number of aliphatic hydroxyl groups excluding tert-OH is 4. The molecule has 0 aromatic carbocycles. The van der Waals surface area contributed by atoms with E-state index in [1.165, 1.54) is 6.92 Å². The molecular weight excluding hydrogens is 382 g/mol. The molecule has 0 radical (unpaired) electrons. The molecule has 0 spiro atoms. The van der Waals surface area contributed by atoms with Gasteiger partial charge < -0.3 is 49.8 Å². The van der Waals surface area contributed by atoms with Crippen LogP contribution in [-0.4, -0.2) is 112 Å². The summed E-state index contributed by atoms with van der Waals surface area (Å²) < 4.78 is 21.2. The Bertz CT molecular complexity index is 561. The third-order valence-electron chi connectivity index (χ3n) is 4.87. The van der Waals surface area contributed by atoms with Crippen LogP contribution in [-0.2, 0) is 28.5 Å². The Balaban J connectivity index is 2.26. The first-order valence-electron chi connectivity index (χ1n) is 8.76. The largest absolute Gasteiger partial charge is 0.479 e. The van der Waals surface area contributed by atoms with Gasteiger partial charge in [-0.3, -0.25) is 4.79 Å². The van der Waals surface area contributed by atoms with Crippen LogP contribution in [0.25, 0.3) is 0 Å². The van der Waals surface area contributed by atoms with E-state index in [-0.39, 0.29) is 0 Å². The van der Waals surface area contributed by atoms with Crippen molar-refractivity contribution in [1.29, 1.82) is 0 Å². The number of carboxylic acids is 1. The van der Waals surface area contributed by atoms with Crippen LogP contribution in [0.4, 0.5) is 0 Å². The van der Waals surface area contributed by atoms with Crippen molar-refractivity contribution in [2.75, 3.05) is 13.7 Å². The molecular formula is C16H27NO11. The number of rotatable bonds is 6. The molecule has 12 nitrogen and oxygen atoms in total. The van der Waals surface area contributed by atoms with Crippen molar-refractivity contribution >= 4 is 11.9 Å². The fourth-order valence-corrected chi connectivity index (χ4v) is 3.45. The molecule has 0 saturated carbocycles. The summed E-state index contributed by atoms with van der Waals surface area (Å²) in [7, 11) is 1.16. The molecule has 0 aliphatic carbocycles. The Labute approximate surface area is 160 Å². The van der Waals surface area contributed by atoms with Crippen molar-refractivity contribution in [2.24, 2.45) is 0 Å². The number of ether oxygens (including phenoxy) is 4. The maximum atomic E-state index is 11.5. The van der Waals surface area contributed by atoms with Crippen molar-refractivity contribution < 1.29 is 54.1 Å². The predicted octanol–water partition coefficient (Wildman–Crippen LogP) is -3.44. The number of hydrogen-bond acceptors (Lipinski definition) is 10. The van der Waals surface area contributed by atoms with Crippen LogP contribution in [0.5, 0.6) is 0 Å². The molecule has 2 fully saturated rings. The quantitative estimate of drug-likeness (QED) is 0.256. The van der Waals surface area contributed by atoms with E-state index in [9.17, 15) is 35.1 Å². The summed E-state index contributed by atoms with van der Waals surface area (Å²) in [5.41, 5.74) is 0. The predicted molar refractivity (Wildman–Crippen MR) is 89.0 cm³/mol. The van der Waals surface area contributed by atoms with Gasteiger partial charge in [0.25, 0.3) is 0 Å². The number of aliphatic hydroxyl groups is 4. The third kappa shape index (κ3) is 4.60. The molecule has 0 bridgehead atoms. The van der Waals surface area contributed by atoms with Crippen LogP contribution in [0, 0.1) is 0 Å². The Hall–Kier alpha value is -1.38. The molecule has 0 aromatic rings. The Morgan fingerprint density at radius 1 is 1.07 bits per heavy atom. The van der Waals surface area contributed by atoms with Gasteiger partial charge in [0.05, 0.1) is 18.8 Å². The molecule has 4 unspecified atom stereocenters.